The zero-order valence-electron chi connectivity index (χ0n) is 13.9. The first-order valence-corrected chi connectivity index (χ1v) is 9.29. The Morgan fingerprint density at radius 2 is 1.79 bits per heavy atom. The molecule has 0 spiro atoms. The summed E-state index contributed by atoms with van der Waals surface area (Å²) in [5, 5.41) is 0. The highest BCUT2D eigenvalue weighted by molar-refractivity contribution is 9.10. The predicted molar refractivity (Wildman–Crippen MR) is 101 cm³/mol. The number of benzene rings is 2. The van der Waals surface area contributed by atoms with Crippen LogP contribution in [0.2, 0.25) is 0 Å². The average Bonchev–Trinajstić information content (AvgIpc) is 2.51. The second-order valence-corrected chi connectivity index (χ2v) is 7.53. The third kappa shape index (κ3) is 5.21. The van der Waals surface area contributed by atoms with Crippen molar-refractivity contribution in [1.29, 1.82) is 0 Å². The van der Waals surface area contributed by atoms with Gasteiger partial charge in [0.1, 0.15) is 0 Å². The van der Waals surface area contributed by atoms with Crippen LogP contribution in [0.1, 0.15) is 27.0 Å². The SMILES string of the molecule is Cc1ccc(C(=O)COC(=O)CSc2ccc(Br)cc2C)c(C)c1. The standard InChI is InChI=1S/C19H19BrO3S/c1-12-4-6-16(13(2)8-12)17(21)10-23-19(22)11-24-18-7-5-15(20)9-14(18)3/h4-9H,10-11H2,1-3H3. The van der Waals surface area contributed by atoms with Crippen LogP contribution in [-0.2, 0) is 9.53 Å². The highest BCUT2D eigenvalue weighted by Gasteiger charge is 2.13. The fourth-order valence-electron chi connectivity index (χ4n) is 2.30. The van der Waals surface area contributed by atoms with Gasteiger partial charge in [0, 0.05) is 14.9 Å². The van der Waals surface area contributed by atoms with Gasteiger partial charge in [-0.25, -0.2) is 0 Å². The van der Waals surface area contributed by atoms with E-state index in [4.69, 9.17) is 4.74 Å². The summed E-state index contributed by atoms with van der Waals surface area (Å²) in [7, 11) is 0. The van der Waals surface area contributed by atoms with Crippen LogP contribution in [0.3, 0.4) is 0 Å². The van der Waals surface area contributed by atoms with E-state index in [9.17, 15) is 9.59 Å². The summed E-state index contributed by atoms with van der Waals surface area (Å²) in [6, 6.07) is 11.5. The lowest BCUT2D eigenvalue weighted by molar-refractivity contribution is -0.139. The maximum Gasteiger partial charge on any atom is 0.316 e. The number of ether oxygens (including phenoxy) is 1. The van der Waals surface area contributed by atoms with Crippen LogP contribution in [0.5, 0.6) is 0 Å². The fourth-order valence-corrected chi connectivity index (χ4v) is 3.59. The normalized spacial score (nSPS) is 10.5. The predicted octanol–water partition coefficient (Wildman–Crippen LogP) is 4.89. The summed E-state index contributed by atoms with van der Waals surface area (Å²) in [6.45, 7) is 5.63. The van der Waals surface area contributed by atoms with Gasteiger partial charge in [-0.3, -0.25) is 9.59 Å². The smallest absolute Gasteiger partial charge is 0.316 e. The van der Waals surface area contributed by atoms with Crippen molar-refractivity contribution in [3.05, 3.63) is 63.1 Å². The van der Waals surface area contributed by atoms with Crippen LogP contribution in [-0.4, -0.2) is 24.1 Å². The Morgan fingerprint density at radius 1 is 1.04 bits per heavy atom. The molecule has 0 aliphatic carbocycles. The van der Waals surface area contributed by atoms with Gasteiger partial charge in [0.2, 0.25) is 5.78 Å². The minimum absolute atomic E-state index is 0.175. The molecule has 0 aliphatic heterocycles. The maximum atomic E-state index is 12.2. The Kier molecular flexibility index (Phi) is 6.63. The van der Waals surface area contributed by atoms with E-state index in [1.54, 1.807) is 6.07 Å². The van der Waals surface area contributed by atoms with Crippen molar-refractivity contribution in [2.75, 3.05) is 12.4 Å². The summed E-state index contributed by atoms with van der Waals surface area (Å²) in [5.74, 6) is -0.381. The Bertz CT molecular complexity index is 771. The summed E-state index contributed by atoms with van der Waals surface area (Å²) < 4.78 is 6.12. The largest absolute Gasteiger partial charge is 0.457 e. The summed E-state index contributed by atoms with van der Waals surface area (Å²) in [6.07, 6.45) is 0. The lowest BCUT2D eigenvalue weighted by Gasteiger charge is -2.08. The highest BCUT2D eigenvalue weighted by atomic mass is 79.9. The van der Waals surface area contributed by atoms with Gasteiger partial charge in [-0.1, -0.05) is 39.7 Å². The quantitative estimate of drug-likeness (QED) is 0.389. The Hall–Kier alpha value is -1.59. The molecule has 0 unspecified atom stereocenters. The number of carbonyl (C=O) groups is 2. The number of ketones is 1. The van der Waals surface area contributed by atoms with Gasteiger partial charge >= 0.3 is 5.97 Å². The van der Waals surface area contributed by atoms with Crippen LogP contribution in [0.15, 0.2) is 45.8 Å². The van der Waals surface area contributed by atoms with Crippen LogP contribution >= 0.6 is 27.7 Å². The van der Waals surface area contributed by atoms with Gasteiger partial charge < -0.3 is 4.74 Å². The number of rotatable bonds is 6. The number of aryl methyl sites for hydroxylation is 3. The van der Waals surface area contributed by atoms with Crippen LogP contribution in [0, 0.1) is 20.8 Å². The molecule has 0 fully saturated rings. The van der Waals surface area contributed by atoms with Crippen LogP contribution in [0.4, 0.5) is 0 Å². The molecule has 0 atom stereocenters. The number of carbonyl (C=O) groups excluding carboxylic acids is 2. The molecule has 0 radical (unpaired) electrons. The minimum Gasteiger partial charge on any atom is -0.457 e. The molecular weight excluding hydrogens is 388 g/mol. The van der Waals surface area contributed by atoms with E-state index >= 15 is 0 Å². The molecule has 3 nitrogen and oxygen atoms in total. The number of hydrogen-bond donors (Lipinski definition) is 0. The first-order valence-electron chi connectivity index (χ1n) is 7.52. The number of hydrogen-bond acceptors (Lipinski definition) is 4. The first kappa shape index (κ1) is 18.7. The third-order valence-electron chi connectivity index (χ3n) is 3.53. The topological polar surface area (TPSA) is 43.4 Å². The lowest BCUT2D eigenvalue weighted by Crippen LogP contribution is -2.16. The maximum absolute atomic E-state index is 12.2. The molecule has 0 bridgehead atoms. The third-order valence-corrected chi connectivity index (χ3v) is 5.17. The van der Waals surface area contributed by atoms with E-state index in [0.717, 1.165) is 26.1 Å². The summed E-state index contributed by atoms with van der Waals surface area (Å²) >= 11 is 4.82. The van der Waals surface area contributed by atoms with Crippen molar-refractivity contribution >= 4 is 39.4 Å². The van der Waals surface area contributed by atoms with Gasteiger partial charge in [-0.2, -0.15) is 0 Å². The van der Waals surface area contributed by atoms with Crippen molar-refractivity contribution in [1.82, 2.24) is 0 Å². The molecule has 0 aliphatic rings. The van der Waals surface area contributed by atoms with Crippen molar-refractivity contribution in [3.63, 3.8) is 0 Å². The molecule has 2 aromatic carbocycles. The zero-order chi connectivity index (χ0) is 17.7. The highest BCUT2D eigenvalue weighted by Crippen LogP contribution is 2.25. The van der Waals surface area contributed by atoms with Crippen molar-refractivity contribution in [2.24, 2.45) is 0 Å². The number of thioether (sulfide) groups is 1. The molecular formula is C19H19BrO3S. The average molecular weight is 407 g/mol. The van der Waals surface area contributed by atoms with Gasteiger partial charge in [0.15, 0.2) is 6.61 Å². The molecule has 0 saturated heterocycles. The second kappa shape index (κ2) is 8.49. The van der Waals surface area contributed by atoms with Crippen molar-refractivity contribution in [2.45, 2.75) is 25.7 Å². The number of esters is 1. The molecule has 0 N–H and O–H groups in total. The minimum atomic E-state index is -0.388. The molecule has 2 aromatic rings. The van der Waals surface area contributed by atoms with E-state index < -0.39 is 0 Å². The van der Waals surface area contributed by atoms with Gasteiger partial charge in [-0.15, -0.1) is 11.8 Å². The Balaban J connectivity index is 1.85. The van der Waals surface area contributed by atoms with E-state index in [1.807, 2.05) is 51.1 Å². The van der Waals surface area contributed by atoms with E-state index in [-0.39, 0.29) is 24.1 Å². The molecule has 24 heavy (non-hydrogen) atoms. The Labute approximate surface area is 154 Å². The van der Waals surface area contributed by atoms with Gasteiger partial charge in [-0.05, 0) is 50.1 Å². The number of Topliss-reactive ketones (excluding diaryl/α,β-unsaturated/α-hetero) is 1. The zero-order valence-corrected chi connectivity index (χ0v) is 16.3. The van der Waals surface area contributed by atoms with Crippen molar-refractivity contribution < 1.29 is 14.3 Å². The monoisotopic (exact) mass is 406 g/mol. The lowest BCUT2D eigenvalue weighted by atomic mass is 10.0. The molecule has 0 saturated carbocycles. The second-order valence-electron chi connectivity index (χ2n) is 5.60. The van der Waals surface area contributed by atoms with Crippen LogP contribution < -0.4 is 0 Å². The molecule has 126 valence electrons. The van der Waals surface area contributed by atoms with Crippen molar-refractivity contribution in [3.8, 4) is 0 Å². The van der Waals surface area contributed by atoms with Gasteiger partial charge in [0.25, 0.3) is 0 Å². The first-order chi connectivity index (χ1) is 11.4. The molecule has 5 heteroatoms. The molecule has 0 aromatic heterocycles. The van der Waals surface area contributed by atoms with E-state index in [2.05, 4.69) is 15.9 Å². The molecule has 0 heterocycles. The Morgan fingerprint density at radius 3 is 2.46 bits per heavy atom. The fraction of sp³-hybridized carbons (Fsp3) is 0.263. The summed E-state index contributed by atoms with van der Waals surface area (Å²) in [5.41, 5.74) is 3.69. The van der Waals surface area contributed by atoms with E-state index in [0.29, 0.717) is 5.56 Å². The summed E-state index contributed by atoms with van der Waals surface area (Å²) in [4.78, 5) is 25.0. The van der Waals surface area contributed by atoms with Gasteiger partial charge in [0.05, 0.1) is 5.75 Å². The molecule has 2 rings (SSSR count). The van der Waals surface area contributed by atoms with Crippen LogP contribution in [0.25, 0.3) is 0 Å². The van der Waals surface area contributed by atoms with E-state index in [1.165, 1.54) is 11.8 Å². The number of halogens is 1. The molecule has 0 amide bonds.